The van der Waals surface area contributed by atoms with Crippen molar-refractivity contribution < 1.29 is 27.8 Å². The fourth-order valence-corrected chi connectivity index (χ4v) is 2.01. The van der Waals surface area contributed by atoms with Gasteiger partial charge in [-0.25, -0.2) is 4.79 Å². The maximum Gasteiger partial charge on any atom is 0.416 e. The number of carbonyl (C=O) groups is 1. The average molecular weight is 310 g/mol. The van der Waals surface area contributed by atoms with Gasteiger partial charge in [0.2, 0.25) is 0 Å². The molecule has 0 bridgehead atoms. The van der Waals surface area contributed by atoms with Gasteiger partial charge in [-0.15, -0.1) is 0 Å². The molecule has 0 aliphatic carbocycles. The lowest BCUT2D eigenvalue weighted by Gasteiger charge is -2.14. The number of halogens is 3. The Bertz CT molecular complexity index is 693. The summed E-state index contributed by atoms with van der Waals surface area (Å²) in [7, 11) is 0. The molecule has 2 aromatic carbocycles. The van der Waals surface area contributed by atoms with Crippen LogP contribution in [-0.4, -0.2) is 17.7 Å². The van der Waals surface area contributed by atoms with Gasteiger partial charge in [0.1, 0.15) is 5.75 Å². The van der Waals surface area contributed by atoms with E-state index in [0.29, 0.717) is 5.56 Å². The van der Waals surface area contributed by atoms with E-state index in [2.05, 4.69) is 0 Å². The summed E-state index contributed by atoms with van der Waals surface area (Å²) < 4.78 is 43.7. The van der Waals surface area contributed by atoms with Gasteiger partial charge in [-0.2, -0.15) is 13.2 Å². The zero-order valence-corrected chi connectivity index (χ0v) is 11.6. The molecule has 0 radical (unpaired) electrons. The number of hydrogen-bond donors (Lipinski definition) is 1. The summed E-state index contributed by atoms with van der Waals surface area (Å²) in [5, 5.41) is 8.66. The number of hydrogen-bond acceptors (Lipinski definition) is 2. The zero-order chi connectivity index (χ0) is 16.3. The molecule has 22 heavy (non-hydrogen) atoms. The van der Waals surface area contributed by atoms with Crippen LogP contribution >= 0.6 is 0 Å². The SMILES string of the molecule is Cc1cccc(-c2cc(C(F)(F)F)ccc2OCC(=O)O)c1. The first-order chi connectivity index (χ1) is 10.3. The molecule has 1 N–H and O–H groups in total. The molecule has 0 aliphatic rings. The van der Waals surface area contributed by atoms with Gasteiger partial charge in [0.15, 0.2) is 6.61 Å². The molecule has 0 fully saturated rings. The lowest BCUT2D eigenvalue weighted by molar-refractivity contribution is -0.140. The van der Waals surface area contributed by atoms with Crippen LogP contribution in [0.25, 0.3) is 11.1 Å². The molecule has 3 nitrogen and oxygen atoms in total. The van der Waals surface area contributed by atoms with Crippen LogP contribution in [0.4, 0.5) is 13.2 Å². The van der Waals surface area contributed by atoms with Crippen LogP contribution in [0.2, 0.25) is 0 Å². The van der Waals surface area contributed by atoms with E-state index in [1.54, 1.807) is 18.2 Å². The van der Waals surface area contributed by atoms with E-state index >= 15 is 0 Å². The van der Waals surface area contributed by atoms with Crippen LogP contribution in [0.5, 0.6) is 5.75 Å². The minimum Gasteiger partial charge on any atom is -0.481 e. The molecule has 0 heterocycles. The summed E-state index contributed by atoms with van der Waals surface area (Å²) in [5.41, 5.74) is 0.803. The van der Waals surface area contributed by atoms with Crippen molar-refractivity contribution >= 4 is 5.97 Å². The van der Waals surface area contributed by atoms with E-state index in [-0.39, 0.29) is 11.3 Å². The topological polar surface area (TPSA) is 46.5 Å². The van der Waals surface area contributed by atoms with Crippen molar-refractivity contribution in [3.05, 3.63) is 53.6 Å². The minimum absolute atomic E-state index is 0.0981. The smallest absolute Gasteiger partial charge is 0.416 e. The van der Waals surface area contributed by atoms with Crippen LogP contribution < -0.4 is 4.74 Å². The average Bonchev–Trinajstić information content (AvgIpc) is 2.44. The zero-order valence-electron chi connectivity index (χ0n) is 11.6. The van der Waals surface area contributed by atoms with Crippen LogP contribution in [0.15, 0.2) is 42.5 Å². The predicted octanol–water partition coefficient (Wildman–Crippen LogP) is 4.14. The molecule has 0 aliphatic heterocycles. The summed E-state index contributed by atoms with van der Waals surface area (Å²) in [6.45, 7) is 1.19. The van der Waals surface area contributed by atoms with Crippen molar-refractivity contribution in [1.29, 1.82) is 0 Å². The first kappa shape index (κ1) is 15.9. The normalized spacial score (nSPS) is 11.3. The van der Waals surface area contributed by atoms with Gasteiger partial charge in [0.25, 0.3) is 0 Å². The molecule has 0 saturated carbocycles. The Hall–Kier alpha value is -2.50. The second kappa shape index (κ2) is 6.09. The first-order valence-electron chi connectivity index (χ1n) is 6.40. The third kappa shape index (κ3) is 3.78. The third-order valence-corrected chi connectivity index (χ3v) is 2.99. The molecule has 0 atom stereocenters. The second-order valence-electron chi connectivity index (χ2n) is 4.76. The van der Waals surface area contributed by atoms with Crippen LogP contribution in [0, 0.1) is 6.92 Å². The van der Waals surface area contributed by atoms with Gasteiger partial charge in [-0.1, -0.05) is 29.8 Å². The maximum absolute atomic E-state index is 12.9. The first-order valence-corrected chi connectivity index (χ1v) is 6.40. The second-order valence-corrected chi connectivity index (χ2v) is 4.76. The van der Waals surface area contributed by atoms with E-state index < -0.39 is 24.3 Å². The fraction of sp³-hybridized carbons (Fsp3) is 0.188. The van der Waals surface area contributed by atoms with Gasteiger partial charge in [-0.05, 0) is 30.7 Å². The number of alkyl halides is 3. The lowest BCUT2D eigenvalue weighted by Crippen LogP contribution is -2.11. The Morgan fingerprint density at radius 3 is 2.50 bits per heavy atom. The summed E-state index contributed by atoms with van der Waals surface area (Å²) >= 11 is 0. The van der Waals surface area contributed by atoms with Gasteiger partial charge >= 0.3 is 12.1 Å². The summed E-state index contributed by atoms with van der Waals surface area (Å²) in [6.07, 6.45) is -4.48. The van der Waals surface area contributed by atoms with Crippen LogP contribution in [0.1, 0.15) is 11.1 Å². The Balaban J connectivity index is 2.52. The number of carboxylic acid groups (broad SMARTS) is 1. The lowest BCUT2D eigenvalue weighted by atomic mass is 10.00. The summed E-state index contributed by atoms with van der Waals surface area (Å²) in [4.78, 5) is 10.6. The maximum atomic E-state index is 12.9. The molecule has 2 aromatic rings. The van der Waals surface area contributed by atoms with Crippen molar-refractivity contribution in [3.8, 4) is 16.9 Å². The fourth-order valence-electron chi connectivity index (χ4n) is 2.01. The van der Waals surface area contributed by atoms with E-state index in [4.69, 9.17) is 9.84 Å². The molecule has 2 rings (SSSR count). The Morgan fingerprint density at radius 1 is 1.18 bits per heavy atom. The number of rotatable bonds is 4. The Labute approximate surface area is 125 Å². The molecule has 0 aromatic heterocycles. The van der Waals surface area contributed by atoms with E-state index in [9.17, 15) is 18.0 Å². The van der Waals surface area contributed by atoms with Crippen LogP contribution in [-0.2, 0) is 11.0 Å². The summed E-state index contributed by atoms with van der Waals surface area (Å²) in [5.74, 6) is -1.10. The standard InChI is InChI=1S/C16H13F3O3/c1-10-3-2-4-11(7-10)13-8-12(16(17,18)19)5-6-14(13)22-9-15(20)21/h2-8H,9H2,1H3,(H,20,21). The molecule has 0 spiro atoms. The predicted molar refractivity (Wildman–Crippen MR) is 74.7 cm³/mol. The van der Waals surface area contributed by atoms with E-state index in [1.165, 1.54) is 0 Å². The molecule has 0 unspecified atom stereocenters. The van der Waals surface area contributed by atoms with Crippen molar-refractivity contribution in [2.24, 2.45) is 0 Å². The Morgan fingerprint density at radius 2 is 1.91 bits per heavy atom. The number of ether oxygens (including phenoxy) is 1. The minimum atomic E-state index is -4.48. The molecule has 116 valence electrons. The quantitative estimate of drug-likeness (QED) is 0.923. The van der Waals surface area contributed by atoms with Crippen molar-refractivity contribution in [1.82, 2.24) is 0 Å². The molecule has 0 amide bonds. The molecular weight excluding hydrogens is 297 g/mol. The highest BCUT2D eigenvalue weighted by Crippen LogP contribution is 2.37. The highest BCUT2D eigenvalue weighted by molar-refractivity contribution is 5.73. The van der Waals surface area contributed by atoms with Crippen molar-refractivity contribution in [2.45, 2.75) is 13.1 Å². The van der Waals surface area contributed by atoms with Crippen molar-refractivity contribution in [3.63, 3.8) is 0 Å². The Kier molecular flexibility index (Phi) is 4.40. The highest BCUT2D eigenvalue weighted by atomic mass is 19.4. The van der Waals surface area contributed by atoms with Gasteiger partial charge in [0, 0.05) is 5.56 Å². The largest absolute Gasteiger partial charge is 0.481 e. The number of carboxylic acids is 1. The molecule has 6 heteroatoms. The third-order valence-electron chi connectivity index (χ3n) is 2.99. The molecular formula is C16H13F3O3. The van der Waals surface area contributed by atoms with E-state index in [1.807, 2.05) is 13.0 Å². The summed E-state index contributed by atoms with van der Waals surface area (Å²) in [6, 6.07) is 9.87. The number of benzene rings is 2. The van der Waals surface area contributed by atoms with Gasteiger partial charge in [-0.3, -0.25) is 0 Å². The van der Waals surface area contributed by atoms with E-state index in [0.717, 1.165) is 23.8 Å². The van der Waals surface area contributed by atoms with Gasteiger partial charge in [0.05, 0.1) is 5.56 Å². The number of aryl methyl sites for hydroxylation is 1. The van der Waals surface area contributed by atoms with Crippen molar-refractivity contribution in [2.75, 3.05) is 6.61 Å². The monoisotopic (exact) mass is 310 g/mol. The highest BCUT2D eigenvalue weighted by Gasteiger charge is 2.31. The van der Waals surface area contributed by atoms with Gasteiger partial charge < -0.3 is 9.84 Å². The van der Waals surface area contributed by atoms with Crippen LogP contribution in [0.3, 0.4) is 0 Å². The number of aliphatic carboxylic acids is 1. The molecule has 0 saturated heterocycles.